The Balaban J connectivity index is 2.91. The van der Waals surface area contributed by atoms with Crippen molar-refractivity contribution in [3.05, 3.63) is 24.3 Å². The Hall–Kier alpha value is -1.78. The molecule has 5 heteroatoms. The van der Waals surface area contributed by atoms with E-state index in [1.807, 2.05) is 26.0 Å². The highest BCUT2D eigenvalue weighted by molar-refractivity contribution is 5.80. The fourth-order valence-corrected chi connectivity index (χ4v) is 2.21. The van der Waals surface area contributed by atoms with E-state index in [0.717, 1.165) is 12.5 Å². The molecule has 1 amide bonds. The van der Waals surface area contributed by atoms with Crippen molar-refractivity contribution in [2.24, 2.45) is 11.3 Å². The third-order valence-electron chi connectivity index (χ3n) is 3.68. The highest BCUT2D eigenvalue weighted by Crippen LogP contribution is 2.39. The van der Waals surface area contributed by atoms with E-state index in [1.165, 1.54) is 0 Å². The van der Waals surface area contributed by atoms with Crippen LogP contribution >= 0.6 is 0 Å². The maximum Gasteiger partial charge on any atom is 0.407 e. The van der Waals surface area contributed by atoms with Crippen LogP contribution in [0.4, 0.5) is 4.79 Å². The molecule has 0 saturated heterocycles. The molecule has 3 atom stereocenters. The molecular weight excluding hydrogens is 246 g/mol. The number of aliphatic carboxylic acids is 1. The predicted molar refractivity (Wildman–Crippen MR) is 71.7 cm³/mol. The Kier molecular flexibility index (Phi) is 5.15. The van der Waals surface area contributed by atoms with Gasteiger partial charge in [-0.15, -0.1) is 0 Å². The molecule has 0 heterocycles. The maximum atomic E-state index is 11.5. The monoisotopic (exact) mass is 267 g/mol. The van der Waals surface area contributed by atoms with Gasteiger partial charge in [-0.3, -0.25) is 0 Å². The zero-order valence-corrected chi connectivity index (χ0v) is 11.6. The number of carboxylic acids is 1. The van der Waals surface area contributed by atoms with Gasteiger partial charge in [0.1, 0.15) is 0 Å². The highest BCUT2D eigenvalue weighted by Gasteiger charge is 2.38. The molecule has 19 heavy (non-hydrogen) atoms. The van der Waals surface area contributed by atoms with Crippen molar-refractivity contribution >= 4 is 12.1 Å². The highest BCUT2D eigenvalue weighted by atomic mass is 16.5. The molecule has 0 radical (unpaired) electrons. The largest absolute Gasteiger partial charge is 0.478 e. The summed E-state index contributed by atoms with van der Waals surface area (Å²) in [5.41, 5.74) is -0.445. The quantitative estimate of drug-likeness (QED) is 0.605. The second-order valence-electron chi connectivity index (χ2n) is 4.94. The molecule has 1 aliphatic rings. The van der Waals surface area contributed by atoms with Crippen LogP contribution < -0.4 is 5.32 Å². The van der Waals surface area contributed by atoms with Crippen molar-refractivity contribution in [1.82, 2.24) is 5.32 Å². The molecule has 0 aromatic heterocycles. The molecule has 106 valence electrons. The van der Waals surface area contributed by atoms with Gasteiger partial charge in [0, 0.05) is 11.5 Å². The van der Waals surface area contributed by atoms with E-state index >= 15 is 0 Å². The minimum absolute atomic E-state index is 0.222. The molecule has 0 spiro atoms. The minimum atomic E-state index is -0.988. The predicted octanol–water partition coefficient (Wildman–Crippen LogP) is 2.34. The average Bonchev–Trinajstić information content (AvgIpc) is 2.33. The normalized spacial score (nSPS) is 30.3. The number of hydrogen-bond donors (Lipinski definition) is 2. The molecule has 5 nitrogen and oxygen atoms in total. The second-order valence-corrected chi connectivity index (χ2v) is 4.94. The molecule has 3 unspecified atom stereocenters. The Bertz CT molecular complexity index is 402. The Morgan fingerprint density at radius 3 is 2.84 bits per heavy atom. The van der Waals surface area contributed by atoms with E-state index in [1.54, 1.807) is 13.0 Å². The van der Waals surface area contributed by atoms with Gasteiger partial charge in [0.05, 0.1) is 12.6 Å². The summed E-state index contributed by atoms with van der Waals surface area (Å²) in [5, 5.41) is 11.6. The molecule has 1 aliphatic carbocycles. The van der Waals surface area contributed by atoms with Crippen molar-refractivity contribution in [2.75, 3.05) is 6.61 Å². The summed E-state index contributed by atoms with van der Waals surface area (Å²) in [6, 6.07) is -0.272. The van der Waals surface area contributed by atoms with E-state index in [4.69, 9.17) is 9.84 Å². The van der Waals surface area contributed by atoms with Gasteiger partial charge in [-0.05, 0) is 19.3 Å². The first-order valence-corrected chi connectivity index (χ1v) is 6.42. The SMILES string of the molecule is CCOC(=O)NC1C=CCC(C)C1(C)C=CC(=O)O. The minimum Gasteiger partial charge on any atom is -0.478 e. The number of allylic oxidation sites excluding steroid dienone is 1. The van der Waals surface area contributed by atoms with Gasteiger partial charge in [0.15, 0.2) is 0 Å². The van der Waals surface area contributed by atoms with Crippen LogP contribution in [0.15, 0.2) is 24.3 Å². The lowest BCUT2D eigenvalue weighted by Crippen LogP contribution is -2.49. The van der Waals surface area contributed by atoms with Gasteiger partial charge in [-0.2, -0.15) is 0 Å². The third-order valence-corrected chi connectivity index (χ3v) is 3.68. The standard InChI is InChI=1S/C14H21NO4/c1-4-19-13(18)15-11-7-5-6-10(2)14(11,3)9-8-12(16)17/h5,7-11H,4,6H2,1-3H3,(H,15,18)(H,16,17). The Labute approximate surface area is 113 Å². The van der Waals surface area contributed by atoms with Crippen LogP contribution in [0.2, 0.25) is 0 Å². The molecule has 0 bridgehead atoms. The van der Waals surface area contributed by atoms with Gasteiger partial charge in [-0.25, -0.2) is 9.59 Å². The average molecular weight is 267 g/mol. The summed E-state index contributed by atoms with van der Waals surface area (Å²) in [6.07, 6.45) is 7.04. The number of amides is 1. The van der Waals surface area contributed by atoms with Crippen molar-refractivity contribution in [3.63, 3.8) is 0 Å². The summed E-state index contributed by atoms with van der Waals surface area (Å²) in [5.74, 6) is -0.766. The number of carboxylic acid groups (broad SMARTS) is 1. The number of alkyl carbamates (subject to hydrolysis) is 1. The van der Waals surface area contributed by atoms with Gasteiger partial charge >= 0.3 is 12.1 Å². The Morgan fingerprint density at radius 2 is 2.26 bits per heavy atom. The van der Waals surface area contributed by atoms with Crippen LogP contribution in [0.25, 0.3) is 0 Å². The van der Waals surface area contributed by atoms with Crippen LogP contribution in [0.5, 0.6) is 0 Å². The molecule has 0 fully saturated rings. The first kappa shape index (κ1) is 15.3. The number of nitrogens with one attached hydrogen (secondary N) is 1. The first-order valence-electron chi connectivity index (χ1n) is 6.42. The van der Waals surface area contributed by atoms with Gasteiger partial charge in [0.2, 0.25) is 0 Å². The number of carbonyl (C=O) groups is 2. The topological polar surface area (TPSA) is 75.6 Å². The summed E-state index contributed by atoms with van der Waals surface area (Å²) in [6.45, 7) is 6.02. The first-order chi connectivity index (χ1) is 8.90. The molecule has 1 rings (SSSR count). The Morgan fingerprint density at radius 1 is 1.58 bits per heavy atom. The molecule has 2 N–H and O–H groups in total. The number of hydrogen-bond acceptors (Lipinski definition) is 3. The third kappa shape index (κ3) is 3.84. The summed E-state index contributed by atoms with van der Waals surface area (Å²) in [4.78, 5) is 22.2. The van der Waals surface area contributed by atoms with Gasteiger partial charge < -0.3 is 15.2 Å². The fourth-order valence-electron chi connectivity index (χ4n) is 2.21. The summed E-state index contributed by atoms with van der Waals surface area (Å²) >= 11 is 0. The lowest BCUT2D eigenvalue weighted by atomic mass is 9.67. The molecule has 0 aliphatic heterocycles. The van der Waals surface area contributed by atoms with Crippen molar-refractivity contribution < 1.29 is 19.4 Å². The van der Waals surface area contributed by atoms with Gasteiger partial charge in [-0.1, -0.05) is 32.1 Å². The zero-order chi connectivity index (χ0) is 14.5. The number of ether oxygens (including phenoxy) is 1. The van der Waals surface area contributed by atoms with E-state index < -0.39 is 17.5 Å². The maximum absolute atomic E-state index is 11.5. The van der Waals surface area contributed by atoms with Gasteiger partial charge in [0.25, 0.3) is 0 Å². The number of rotatable bonds is 4. The van der Waals surface area contributed by atoms with E-state index in [-0.39, 0.29) is 12.0 Å². The van der Waals surface area contributed by atoms with E-state index in [2.05, 4.69) is 5.32 Å². The van der Waals surface area contributed by atoms with Crippen molar-refractivity contribution in [1.29, 1.82) is 0 Å². The van der Waals surface area contributed by atoms with Crippen LogP contribution in [0.1, 0.15) is 27.2 Å². The smallest absolute Gasteiger partial charge is 0.407 e. The van der Waals surface area contributed by atoms with Crippen LogP contribution in [-0.2, 0) is 9.53 Å². The zero-order valence-electron chi connectivity index (χ0n) is 11.6. The molecule has 0 aromatic rings. The number of carbonyl (C=O) groups excluding carboxylic acids is 1. The van der Waals surface area contributed by atoms with Crippen LogP contribution in [0.3, 0.4) is 0 Å². The summed E-state index contributed by atoms with van der Waals surface area (Å²) in [7, 11) is 0. The van der Waals surface area contributed by atoms with Crippen LogP contribution in [0, 0.1) is 11.3 Å². The lowest BCUT2D eigenvalue weighted by Gasteiger charge is -2.41. The molecular formula is C14H21NO4. The van der Waals surface area contributed by atoms with Crippen molar-refractivity contribution in [2.45, 2.75) is 33.2 Å². The van der Waals surface area contributed by atoms with Crippen LogP contribution in [-0.4, -0.2) is 29.8 Å². The lowest BCUT2D eigenvalue weighted by molar-refractivity contribution is -0.131. The summed E-state index contributed by atoms with van der Waals surface area (Å²) < 4.78 is 4.87. The van der Waals surface area contributed by atoms with E-state index in [0.29, 0.717) is 6.61 Å². The fraction of sp³-hybridized carbons (Fsp3) is 0.571. The molecule has 0 aromatic carbocycles. The van der Waals surface area contributed by atoms with E-state index in [9.17, 15) is 9.59 Å². The van der Waals surface area contributed by atoms with Crippen molar-refractivity contribution in [3.8, 4) is 0 Å². The molecule has 0 saturated carbocycles. The second kappa shape index (κ2) is 6.41.